The van der Waals surface area contributed by atoms with Gasteiger partial charge in [-0.25, -0.2) is 9.97 Å². The zero-order valence-electron chi connectivity index (χ0n) is 14.9. The lowest BCUT2D eigenvalue weighted by molar-refractivity contribution is -0.121. The zero-order chi connectivity index (χ0) is 18.6. The van der Waals surface area contributed by atoms with E-state index in [-0.39, 0.29) is 5.91 Å². The number of nitrogens with one attached hydrogen (secondary N) is 1. The number of aryl methyl sites for hydroxylation is 2. The molecule has 7 heteroatoms. The third-order valence-corrected chi connectivity index (χ3v) is 7.10. The van der Waals surface area contributed by atoms with E-state index in [0.29, 0.717) is 13.0 Å². The monoisotopic (exact) mass is 413 g/mol. The van der Waals surface area contributed by atoms with Gasteiger partial charge in [0.2, 0.25) is 5.91 Å². The molecule has 0 aliphatic heterocycles. The van der Waals surface area contributed by atoms with E-state index in [1.54, 1.807) is 34.0 Å². The molecule has 0 bridgehead atoms. The average Bonchev–Trinajstić information content (AvgIpc) is 3.38. The first-order chi connectivity index (χ1) is 13.2. The molecule has 0 saturated carbocycles. The summed E-state index contributed by atoms with van der Waals surface area (Å²) in [4.78, 5) is 23.6. The molecule has 0 unspecified atom stereocenters. The van der Waals surface area contributed by atoms with Crippen LogP contribution < -0.4 is 5.32 Å². The van der Waals surface area contributed by atoms with Crippen LogP contribution in [0.1, 0.15) is 27.7 Å². The van der Waals surface area contributed by atoms with E-state index in [2.05, 4.69) is 38.9 Å². The molecule has 0 spiro atoms. The van der Waals surface area contributed by atoms with Crippen LogP contribution in [0, 0.1) is 6.92 Å². The number of benzene rings is 1. The Morgan fingerprint density at radius 3 is 2.81 bits per heavy atom. The van der Waals surface area contributed by atoms with Crippen LogP contribution in [0.25, 0.3) is 20.8 Å². The number of para-hydroxylation sites is 1. The summed E-state index contributed by atoms with van der Waals surface area (Å²) in [5.41, 5.74) is 2.07. The minimum Gasteiger partial charge on any atom is -0.351 e. The number of nitrogens with zero attached hydrogens (tertiary/aromatic N) is 2. The van der Waals surface area contributed by atoms with Gasteiger partial charge in [0, 0.05) is 16.7 Å². The van der Waals surface area contributed by atoms with Crippen LogP contribution in [0.5, 0.6) is 0 Å². The largest absolute Gasteiger partial charge is 0.351 e. The van der Waals surface area contributed by atoms with Gasteiger partial charge < -0.3 is 5.32 Å². The Labute approximate surface area is 169 Å². The fourth-order valence-electron chi connectivity index (χ4n) is 2.79. The minimum atomic E-state index is 0.0931. The van der Waals surface area contributed by atoms with Crippen LogP contribution in [0.4, 0.5) is 0 Å². The summed E-state index contributed by atoms with van der Waals surface area (Å²) in [6, 6.07) is 12.3. The third-order valence-electron chi connectivity index (χ3n) is 4.13. The summed E-state index contributed by atoms with van der Waals surface area (Å²) >= 11 is 5.06. The molecule has 0 saturated heterocycles. The summed E-state index contributed by atoms with van der Waals surface area (Å²) in [6.07, 6.45) is 2.19. The molecule has 0 radical (unpaired) electrons. The van der Waals surface area contributed by atoms with Crippen LogP contribution in [-0.4, -0.2) is 15.9 Å². The third kappa shape index (κ3) is 4.61. The fraction of sp³-hybridized carbons (Fsp3) is 0.250. The van der Waals surface area contributed by atoms with E-state index >= 15 is 0 Å². The van der Waals surface area contributed by atoms with Crippen LogP contribution in [0.2, 0.25) is 0 Å². The summed E-state index contributed by atoms with van der Waals surface area (Å²) in [6.45, 7) is 2.59. The van der Waals surface area contributed by atoms with E-state index in [4.69, 9.17) is 0 Å². The van der Waals surface area contributed by atoms with Gasteiger partial charge >= 0.3 is 0 Å². The fourth-order valence-corrected chi connectivity index (χ4v) is 5.39. The Morgan fingerprint density at radius 2 is 2.00 bits per heavy atom. The molecule has 138 valence electrons. The van der Waals surface area contributed by atoms with Crippen molar-refractivity contribution in [1.82, 2.24) is 15.3 Å². The quantitative estimate of drug-likeness (QED) is 0.440. The molecule has 0 aliphatic carbocycles. The van der Waals surface area contributed by atoms with E-state index in [1.165, 1.54) is 4.70 Å². The van der Waals surface area contributed by atoms with Gasteiger partial charge in [-0.3, -0.25) is 4.79 Å². The highest BCUT2D eigenvalue weighted by Crippen LogP contribution is 2.29. The van der Waals surface area contributed by atoms with Crippen molar-refractivity contribution in [2.75, 3.05) is 0 Å². The molecule has 1 aromatic carbocycles. The first-order valence-corrected chi connectivity index (χ1v) is 11.3. The van der Waals surface area contributed by atoms with E-state index in [1.807, 2.05) is 25.1 Å². The van der Waals surface area contributed by atoms with Crippen molar-refractivity contribution in [3.05, 3.63) is 56.7 Å². The Kier molecular flexibility index (Phi) is 5.61. The first-order valence-electron chi connectivity index (χ1n) is 8.80. The molecule has 4 aromatic rings. The van der Waals surface area contributed by atoms with Crippen LogP contribution in [-0.2, 0) is 17.8 Å². The number of rotatable bonds is 7. The molecular formula is C20H19N3OS3. The first kappa shape index (κ1) is 18.3. The lowest BCUT2D eigenvalue weighted by Gasteiger charge is -2.02. The average molecular weight is 414 g/mol. The Hall–Kier alpha value is -2.09. The summed E-state index contributed by atoms with van der Waals surface area (Å²) < 4.78 is 1.21. The maximum Gasteiger partial charge on any atom is 0.220 e. The maximum absolute atomic E-state index is 12.1. The van der Waals surface area contributed by atoms with Crippen molar-refractivity contribution in [3.63, 3.8) is 0 Å². The number of aromatic nitrogens is 2. The van der Waals surface area contributed by atoms with Crippen molar-refractivity contribution < 1.29 is 4.79 Å². The molecule has 0 aliphatic rings. The number of hydrogen-bond acceptors (Lipinski definition) is 6. The van der Waals surface area contributed by atoms with Crippen molar-refractivity contribution in [2.24, 2.45) is 0 Å². The van der Waals surface area contributed by atoms with Gasteiger partial charge in [0.15, 0.2) is 0 Å². The minimum absolute atomic E-state index is 0.0931. The smallest absolute Gasteiger partial charge is 0.220 e. The topological polar surface area (TPSA) is 54.9 Å². The predicted octanol–water partition coefficient (Wildman–Crippen LogP) is 5.43. The summed E-state index contributed by atoms with van der Waals surface area (Å²) in [5, 5.41) is 7.27. The molecule has 1 amide bonds. The van der Waals surface area contributed by atoms with Gasteiger partial charge in [-0.1, -0.05) is 12.1 Å². The lowest BCUT2D eigenvalue weighted by atomic mass is 10.2. The van der Waals surface area contributed by atoms with Crippen molar-refractivity contribution in [1.29, 1.82) is 0 Å². The molecule has 0 fully saturated rings. The highest BCUT2D eigenvalue weighted by molar-refractivity contribution is 7.18. The summed E-state index contributed by atoms with van der Waals surface area (Å²) in [5.74, 6) is 0.0931. The Morgan fingerprint density at radius 1 is 1.11 bits per heavy atom. The molecule has 3 aromatic heterocycles. The van der Waals surface area contributed by atoms with Gasteiger partial charge in [0.05, 0.1) is 37.3 Å². The lowest BCUT2D eigenvalue weighted by Crippen LogP contribution is -2.21. The standard InChI is InChI=1S/C20H19N3OS3/c1-13-22-16(12-25-13)18-10-9-14(26-18)11-21-19(24)7-4-8-20-23-15-5-2-3-6-17(15)27-20/h2-3,5-6,9-10,12H,4,7-8,11H2,1H3,(H,21,24). The SMILES string of the molecule is Cc1nc(-c2ccc(CNC(=O)CCCc3nc4ccccc4s3)s2)cs1. The zero-order valence-corrected chi connectivity index (χ0v) is 17.3. The number of thiazole rings is 2. The molecular weight excluding hydrogens is 394 g/mol. The number of hydrogen-bond donors (Lipinski definition) is 1. The predicted molar refractivity (Wildman–Crippen MR) is 115 cm³/mol. The van der Waals surface area contributed by atoms with E-state index < -0.39 is 0 Å². The molecule has 3 heterocycles. The van der Waals surface area contributed by atoms with Crippen molar-refractivity contribution >= 4 is 50.1 Å². The molecule has 27 heavy (non-hydrogen) atoms. The van der Waals surface area contributed by atoms with Crippen LogP contribution in [0.3, 0.4) is 0 Å². The molecule has 4 nitrogen and oxygen atoms in total. The summed E-state index contributed by atoms with van der Waals surface area (Å²) in [7, 11) is 0. The van der Waals surface area contributed by atoms with Gasteiger partial charge in [-0.05, 0) is 44.0 Å². The number of thiophene rings is 1. The van der Waals surface area contributed by atoms with E-state index in [0.717, 1.165) is 43.8 Å². The second-order valence-electron chi connectivity index (χ2n) is 6.22. The highest BCUT2D eigenvalue weighted by atomic mass is 32.1. The molecule has 4 rings (SSSR count). The second kappa shape index (κ2) is 8.29. The normalized spacial score (nSPS) is 11.1. The Bertz CT molecular complexity index is 1030. The number of amides is 1. The Balaban J connectivity index is 1.23. The molecule has 0 atom stereocenters. The molecule has 1 N–H and O–H groups in total. The van der Waals surface area contributed by atoms with Gasteiger partial charge in [0.25, 0.3) is 0 Å². The van der Waals surface area contributed by atoms with Crippen molar-refractivity contribution in [3.8, 4) is 10.6 Å². The van der Waals surface area contributed by atoms with Gasteiger partial charge in [0.1, 0.15) is 0 Å². The number of carbonyl (C=O) groups excluding carboxylic acids is 1. The van der Waals surface area contributed by atoms with Gasteiger partial charge in [-0.15, -0.1) is 34.0 Å². The van der Waals surface area contributed by atoms with Crippen LogP contribution in [0.15, 0.2) is 41.8 Å². The highest BCUT2D eigenvalue weighted by Gasteiger charge is 2.08. The maximum atomic E-state index is 12.1. The van der Waals surface area contributed by atoms with Crippen molar-refractivity contribution in [2.45, 2.75) is 32.7 Å². The van der Waals surface area contributed by atoms with E-state index in [9.17, 15) is 4.79 Å². The second-order valence-corrected chi connectivity index (χ2v) is 9.57. The number of fused-ring (bicyclic) bond motifs is 1. The number of carbonyl (C=O) groups is 1. The van der Waals surface area contributed by atoms with Gasteiger partial charge in [-0.2, -0.15) is 0 Å². The van der Waals surface area contributed by atoms with Crippen LogP contribution >= 0.6 is 34.0 Å².